The zero-order chi connectivity index (χ0) is 25.2. The zero-order valence-electron chi connectivity index (χ0n) is 18.3. The molecule has 1 aliphatic heterocycles. The summed E-state index contributed by atoms with van der Waals surface area (Å²) in [6.07, 6.45) is -2.33. The summed E-state index contributed by atoms with van der Waals surface area (Å²) in [6, 6.07) is 8.30. The number of pyridine rings is 1. The van der Waals surface area contributed by atoms with Gasteiger partial charge in [0.25, 0.3) is 0 Å². The highest BCUT2D eigenvalue weighted by Crippen LogP contribution is 2.35. The van der Waals surface area contributed by atoms with E-state index < -0.39 is 28.8 Å². The van der Waals surface area contributed by atoms with Crippen molar-refractivity contribution in [1.82, 2.24) is 19.3 Å². The van der Waals surface area contributed by atoms with E-state index in [0.29, 0.717) is 28.8 Å². The first-order valence-corrected chi connectivity index (χ1v) is 11.3. The Kier molecular flexibility index (Phi) is 6.95. The molecule has 0 saturated carbocycles. The number of aromatic nitrogens is 3. The van der Waals surface area contributed by atoms with Crippen LogP contribution < -0.4 is 16.0 Å². The van der Waals surface area contributed by atoms with E-state index >= 15 is 0 Å². The molecule has 1 aromatic carbocycles. The molecule has 2 aromatic heterocycles. The summed E-state index contributed by atoms with van der Waals surface area (Å²) in [5.74, 6) is -0.651. The van der Waals surface area contributed by atoms with Crippen LogP contribution in [0.15, 0.2) is 42.7 Å². The standard InChI is InChI=1S/C21H20F3N7O3S/c1-31(35(33)34)11-17-12(3-2-6-25-17)9-26-19-15(21(22,23)24)10-27-20(30-19)28-14-4-5-16-13(7-14)8-18(32)29-16/h2-7,10H,8-9,11H2,1H3,(H,29,32)(H,33,34)(H2,26,27,28,30). The van der Waals surface area contributed by atoms with Crippen molar-refractivity contribution in [3.05, 3.63) is 65.1 Å². The summed E-state index contributed by atoms with van der Waals surface area (Å²) < 4.78 is 62.4. The zero-order valence-corrected chi connectivity index (χ0v) is 19.1. The van der Waals surface area contributed by atoms with Crippen molar-refractivity contribution in [2.24, 2.45) is 0 Å². The van der Waals surface area contributed by atoms with E-state index in [4.69, 9.17) is 0 Å². The lowest BCUT2D eigenvalue weighted by Gasteiger charge is -2.17. The molecule has 0 fully saturated rings. The third-order valence-corrected chi connectivity index (χ3v) is 5.81. The molecule has 1 unspecified atom stereocenters. The second-order valence-electron chi connectivity index (χ2n) is 7.66. The van der Waals surface area contributed by atoms with Gasteiger partial charge in [-0.3, -0.25) is 14.3 Å². The number of rotatable bonds is 8. The summed E-state index contributed by atoms with van der Waals surface area (Å²) in [4.78, 5) is 23.5. The van der Waals surface area contributed by atoms with Crippen LogP contribution in [-0.2, 0) is 41.7 Å². The summed E-state index contributed by atoms with van der Waals surface area (Å²) in [5, 5.41) is 8.26. The molecule has 10 nitrogen and oxygen atoms in total. The Labute approximate surface area is 200 Å². The molecule has 3 heterocycles. The Bertz CT molecular complexity index is 1290. The fraction of sp³-hybridized carbons (Fsp3) is 0.238. The Morgan fingerprint density at radius 3 is 2.80 bits per heavy atom. The smallest absolute Gasteiger partial charge is 0.365 e. The van der Waals surface area contributed by atoms with Gasteiger partial charge in [0.1, 0.15) is 11.4 Å². The van der Waals surface area contributed by atoms with E-state index in [1.165, 1.54) is 13.2 Å². The molecule has 184 valence electrons. The molecule has 3 aromatic rings. The van der Waals surface area contributed by atoms with E-state index in [9.17, 15) is 26.7 Å². The van der Waals surface area contributed by atoms with Crippen LogP contribution in [0, 0.1) is 0 Å². The number of fused-ring (bicyclic) bond motifs is 1. The van der Waals surface area contributed by atoms with Gasteiger partial charge in [-0.2, -0.15) is 22.5 Å². The normalized spacial score (nSPS) is 13.9. The molecule has 4 rings (SSSR count). The summed E-state index contributed by atoms with van der Waals surface area (Å²) >= 11 is -2.23. The van der Waals surface area contributed by atoms with Gasteiger partial charge >= 0.3 is 6.18 Å². The minimum Gasteiger partial charge on any atom is -0.365 e. The van der Waals surface area contributed by atoms with Crippen molar-refractivity contribution in [3.63, 3.8) is 0 Å². The second kappa shape index (κ2) is 9.93. The number of amides is 1. The van der Waals surface area contributed by atoms with Crippen molar-refractivity contribution in [2.45, 2.75) is 25.7 Å². The highest BCUT2D eigenvalue weighted by atomic mass is 32.2. The predicted octanol–water partition coefficient (Wildman–Crippen LogP) is 3.31. The summed E-state index contributed by atoms with van der Waals surface area (Å²) in [6.45, 7) is -0.0550. The van der Waals surface area contributed by atoms with Crippen molar-refractivity contribution in [1.29, 1.82) is 0 Å². The molecular weight excluding hydrogens is 487 g/mol. The molecule has 0 radical (unpaired) electrons. The minimum atomic E-state index is -4.70. The maximum absolute atomic E-state index is 13.6. The lowest BCUT2D eigenvalue weighted by atomic mass is 10.1. The van der Waals surface area contributed by atoms with Crippen LogP contribution in [0.5, 0.6) is 0 Å². The minimum absolute atomic E-state index is 0.0133. The molecule has 0 bridgehead atoms. The molecule has 1 atom stereocenters. The maximum atomic E-state index is 13.6. The first kappa shape index (κ1) is 24.5. The van der Waals surface area contributed by atoms with Gasteiger partial charge in [-0.05, 0) is 35.4 Å². The van der Waals surface area contributed by atoms with Crippen LogP contribution in [-0.4, -0.2) is 41.0 Å². The average molecular weight is 507 g/mol. The lowest BCUT2D eigenvalue weighted by molar-refractivity contribution is -0.137. The van der Waals surface area contributed by atoms with Crippen LogP contribution in [0.2, 0.25) is 0 Å². The lowest BCUT2D eigenvalue weighted by Crippen LogP contribution is -2.22. The van der Waals surface area contributed by atoms with E-state index in [2.05, 4.69) is 30.9 Å². The number of halogens is 3. The van der Waals surface area contributed by atoms with Gasteiger partial charge in [0.2, 0.25) is 23.1 Å². The van der Waals surface area contributed by atoms with Gasteiger partial charge in [0.15, 0.2) is 0 Å². The molecule has 14 heteroatoms. The molecule has 0 saturated heterocycles. The maximum Gasteiger partial charge on any atom is 0.421 e. The summed E-state index contributed by atoms with van der Waals surface area (Å²) in [7, 11) is 1.41. The van der Waals surface area contributed by atoms with E-state index in [1.54, 1.807) is 30.3 Å². The fourth-order valence-corrected chi connectivity index (χ4v) is 3.67. The van der Waals surface area contributed by atoms with Crippen LogP contribution >= 0.6 is 0 Å². The number of hydrogen-bond donors (Lipinski definition) is 4. The van der Waals surface area contributed by atoms with Crippen LogP contribution in [0.3, 0.4) is 0 Å². The molecule has 1 amide bonds. The quantitative estimate of drug-likeness (QED) is 0.342. The highest BCUT2D eigenvalue weighted by Gasteiger charge is 2.35. The van der Waals surface area contributed by atoms with E-state index in [1.807, 2.05) is 0 Å². The van der Waals surface area contributed by atoms with Gasteiger partial charge in [-0.1, -0.05) is 6.07 Å². The monoisotopic (exact) mass is 507 g/mol. The third-order valence-electron chi connectivity index (χ3n) is 5.15. The second-order valence-corrected chi connectivity index (χ2v) is 8.74. The van der Waals surface area contributed by atoms with Gasteiger partial charge in [-0.15, -0.1) is 0 Å². The number of alkyl halides is 3. The highest BCUT2D eigenvalue weighted by molar-refractivity contribution is 7.76. The van der Waals surface area contributed by atoms with Crippen LogP contribution in [0.1, 0.15) is 22.4 Å². The van der Waals surface area contributed by atoms with E-state index in [-0.39, 0.29) is 31.4 Å². The number of nitrogens with zero attached hydrogens (tertiary/aromatic N) is 4. The predicted molar refractivity (Wildman–Crippen MR) is 123 cm³/mol. The Balaban J connectivity index is 1.57. The van der Waals surface area contributed by atoms with Crippen LogP contribution in [0.25, 0.3) is 0 Å². The third kappa shape index (κ3) is 5.90. The number of carbonyl (C=O) groups excluding carboxylic acids is 1. The number of carbonyl (C=O) groups is 1. The largest absolute Gasteiger partial charge is 0.421 e. The Morgan fingerprint density at radius 1 is 1.26 bits per heavy atom. The topological polar surface area (TPSA) is 132 Å². The van der Waals surface area contributed by atoms with Crippen LogP contribution in [0.4, 0.5) is 36.3 Å². The van der Waals surface area contributed by atoms with Crippen molar-refractivity contribution >= 4 is 40.3 Å². The van der Waals surface area contributed by atoms with Crippen molar-refractivity contribution in [2.75, 3.05) is 23.0 Å². The average Bonchev–Trinajstić information content (AvgIpc) is 3.17. The molecule has 4 N–H and O–H groups in total. The Hall–Kier alpha value is -3.62. The Morgan fingerprint density at radius 2 is 2.06 bits per heavy atom. The van der Waals surface area contributed by atoms with E-state index in [0.717, 1.165) is 9.87 Å². The van der Waals surface area contributed by atoms with Gasteiger partial charge in [0, 0.05) is 37.4 Å². The first-order chi connectivity index (χ1) is 16.6. The van der Waals surface area contributed by atoms with Crippen molar-refractivity contribution in [3.8, 4) is 0 Å². The molecular formula is C21H20F3N7O3S. The molecule has 35 heavy (non-hydrogen) atoms. The van der Waals surface area contributed by atoms with Gasteiger partial charge in [0.05, 0.1) is 18.7 Å². The molecule has 0 aliphatic carbocycles. The summed E-state index contributed by atoms with van der Waals surface area (Å²) in [5.41, 5.74) is 1.85. The molecule has 0 spiro atoms. The fourth-order valence-electron chi connectivity index (χ4n) is 3.44. The molecule has 1 aliphatic rings. The SMILES string of the molecule is CN(Cc1ncccc1CNc1nc(Nc2ccc3c(c2)CC(=O)N3)ncc1C(F)(F)F)S(=O)O. The van der Waals surface area contributed by atoms with Crippen molar-refractivity contribution < 1.29 is 26.7 Å². The number of nitrogens with one attached hydrogen (secondary N) is 3. The van der Waals surface area contributed by atoms with Gasteiger partial charge in [-0.25, -0.2) is 9.19 Å². The van der Waals surface area contributed by atoms with Gasteiger partial charge < -0.3 is 16.0 Å². The first-order valence-electron chi connectivity index (χ1n) is 10.2. The number of hydrogen-bond acceptors (Lipinski definition) is 7. The number of benzene rings is 1. The number of anilines is 4.